The standard InChI is InChI=1S/C9H16N2O3S/c1-2-14-5-8(12)4-10-3-7-6-15-9(13)11-7/h6,8,10,12H,2-5H2,1H3,(H,11,13). The minimum atomic E-state index is -0.504. The maximum atomic E-state index is 10.8. The van der Waals surface area contributed by atoms with Gasteiger partial charge in [0.05, 0.1) is 12.7 Å². The predicted octanol–water partition coefficient (Wildman–Crippen LogP) is -0.0766. The largest absolute Gasteiger partial charge is 0.389 e. The monoisotopic (exact) mass is 232 g/mol. The molecule has 0 spiro atoms. The Balaban J connectivity index is 2.13. The van der Waals surface area contributed by atoms with E-state index in [1.807, 2.05) is 6.92 Å². The molecule has 1 atom stereocenters. The molecular weight excluding hydrogens is 216 g/mol. The van der Waals surface area contributed by atoms with Crippen molar-refractivity contribution >= 4 is 11.3 Å². The molecule has 0 bridgehead atoms. The van der Waals surface area contributed by atoms with Crippen LogP contribution in [0.3, 0.4) is 0 Å². The highest BCUT2D eigenvalue weighted by Gasteiger charge is 2.03. The average molecular weight is 232 g/mol. The van der Waals surface area contributed by atoms with Crippen molar-refractivity contribution in [3.8, 4) is 0 Å². The average Bonchev–Trinajstić information content (AvgIpc) is 2.61. The van der Waals surface area contributed by atoms with Crippen LogP contribution < -0.4 is 10.2 Å². The molecule has 0 aliphatic rings. The number of aromatic nitrogens is 1. The SMILES string of the molecule is CCOCC(O)CNCc1csc(=O)[nH]1. The lowest BCUT2D eigenvalue weighted by molar-refractivity contribution is 0.0427. The van der Waals surface area contributed by atoms with Gasteiger partial charge in [0, 0.05) is 30.8 Å². The molecule has 0 saturated carbocycles. The minimum absolute atomic E-state index is 0.0540. The second kappa shape index (κ2) is 6.73. The Hall–Kier alpha value is -0.690. The zero-order chi connectivity index (χ0) is 11.1. The number of thiazole rings is 1. The van der Waals surface area contributed by atoms with E-state index in [1.54, 1.807) is 5.38 Å². The summed E-state index contributed by atoms with van der Waals surface area (Å²) in [6.45, 7) is 3.84. The van der Waals surface area contributed by atoms with Gasteiger partial charge in [-0.3, -0.25) is 4.79 Å². The first kappa shape index (κ1) is 12.4. The highest BCUT2D eigenvalue weighted by molar-refractivity contribution is 7.07. The third kappa shape index (κ3) is 5.08. The number of hydrogen-bond acceptors (Lipinski definition) is 5. The molecule has 0 amide bonds. The lowest BCUT2D eigenvalue weighted by Crippen LogP contribution is -2.30. The molecule has 0 aromatic carbocycles. The molecule has 0 radical (unpaired) electrons. The molecule has 1 aromatic heterocycles. The smallest absolute Gasteiger partial charge is 0.304 e. The van der Waals surface area contributed by atoms with E-state index >= 15 is 0 Å². The van der Waals surface area contributed by atoms with Gasteiger partial charge < -0.3 is 20.1 Å². The van der Waals surface area contributed by atoms with Gasteiger partial charge in [-0.15, -0.1) is 0 Å². The molecule has 1 aromatic rings. The fraction of sp³-hybridized carbons (Fsp3) is 0.667. The van der Waals surface area contributed by atoms with Crippen LogP contribution in [0.15, 0.2) is 10.2 Å². The first-order valence-electron chi connectivity index (χ1n) is 4.85. The number of aliphatic hydroxyl groups is 1. The van der Waals surface area contributed by atoms with Gasteiger partial charge in [0.2, 0.25) is 0 Å². The van der Waals surface area contributed by atoms with Crippen molar-refractivity contribution in [3.05, 3.63) is 20.7 Å². The van der Waals surface area contributed by atoms with Gasteiger partial charge in [0.25, 0.3) is 0 Å². The summed E-state index contributed by atoms with van der Waals surface area (Å²) in [6.07, 6.45) is -0.504. The summed E-state index contributed by atoms with van der Waals surface area (Å²) in [7, 11) is 0. The quantitative estimate of drug-likeness (QED) is 0.615. The number of nitrogens with one attached hydrogen (secondary N) is 2. The van der Waals surface area contributed by atoms with Crippen LogP contribution in [0.1, 0.15) is 12.6 Å². The summed E-state index contributed by atoms with van der Waals surface area (Å²) in [5.41, 5.74) is 0.841. The maximum Gasteiger partial charge on any atom is 0.304 e. The molecule has 0 aliphatic heterocycles. The minimum Gasteiger partial charge on any atom is -0.389 e. The van der Waals surface area contributed by atoms with Gasteiger partial charge >= 0.3 is 4.87 Å². The van der Waals surface area contributed by atoms with E-state index in [0.29, 0.717) is 26.3 Å². The van der Waals surface area contributed by atoms with Crippen LogP contribution >= 0.6 is 11.3 Å². The Morgan fingerprint density at radius 2 is 2.53 bits per heavy atom. The van der Waals surface area contributed by atoms with Crippen LogP contribution in [0.25, 0.3) is 0 Å². The number of ether oxygens (including phenoxy) is 1. The predicted molar refractivity (Wildman–Crippen MR) is 59.1 cm³/mol. The molecule has 1 heterocycles. The lowest BCUT2D eigenvalue weighted by atomic mass is 10.3. The van der Waals surface area contributed by atoms with E-state index in [-0.39, 0.29) is 4.87 Å². The number of rotatable bonds is 7. The van der Waals surface area contributed by atoms with E-state index < -0.39 is 6.10 Å². The van der Waals surface area contributed by atoms with Crippen LogP contribution in [0.2, 0.25) is 0 Å². The number of H-pyrrole nitrogens is 1. The van der Waals surface area contributed by atoms with Gasteiger partial charge in [-0.2, -0.15) is 0 Å². The van der Waals surface area contributed by atoms with Crippen molar-refractivity contribution in [2.75, 3.05) is 19.8 Å². The summed E-state index contributed by atoms with van der Waals surface area (Å²) >= 11 is 1.14. The molecule has 0 saturated heterocycles. The second-order valence-electron chi connectivity index (χ2n) is 3.12. The van der Waals surface area contributed by atoms with Gasteiger partial charge in [0.1, 0.15) is 0 Å². The zero-order valence-electron chi connectivity index (χ0n) is 8.66. The molecule has 86 valence electrons. The summed E-state index contributed by atoms with van der Waals surface area (Å²) in [5.74, 6) is 0. The van der Waals surface area contributed by atoms with Crippen LogP contribution in [0.4, 0.5) is 0 Å². The Morgan fingerprint density at radius 3 is 3.13 bits per heavy atom. The van der Waals surface area contributed by atoms with Crippen LogP contribution in [-0.2, 0) is 11.3 Å². The summed E-state index contributed by atoms with van der Waals surface area (Å²) in [6, 6.07) is 0. The number of aromatic amines is 1. The fourth-order valence-electron chi connectivity index (χ4n) is 1.09. The van der Waals surface area contributed by atoms with Crippen molar-refractivity contribution in [1.29, 1.82) is 0 Å². The van der Waals surface area contributed by atoms with E-state index in [9.17, 15) is 9.90 Å². The topological polar surface area (TPSA) is 74.3 Å². The Labute approximate surface area is 92.1 Å². The van der Waals surface area contributed by atoms with Crippen LogP contribution in [-0.4, -0.2) is 36.0 Å². The van der Waals surface area contributed by atoms with E-state index in [1.165, 1.54) is 0 Å². The second-order valence-corrected chi connectivity index (χ2v) is 3.96. The van der Waals surface area contributed by atoms with Gasteiger partial charge in [-0.1, -0.05) is 11.3 Å². The van der Waals surface area contributed by atoms with E-state index in [2.05, 4.69) is 10.3 Å². The third-order valence-corrected chi connectivity index (χ3v) is 2.50. The number of hydrogen-bond donors (Lipinski definition) is 3. The zero-order valence-corrected chi connectivity index (χ0v) is 9.47. The molecule has 6 heteroatoms. The molecule has 0 aliphatic carbocycles. The van der Waals surface area contributed by atoms with Crippen molar-refractivity contribution in [3.63, 3.8) is 0 Å². The first-order chi connectivity index (χ1) is 7.22. The summed E-state index contributed by atoms with van der Waals surface area (Å²) in [5, 5.41) is 14.2. The van der Waals surface area contributed by atoms with Gasteiger partial charge in [0.15, 0.2) is 0 Å². The highest BCUT2D eigenvalue weighted by Crippen LogP contribution is 1.94. The first-order valence-corrected chi connectivity index (χ1v) is 5.73. The summed E-state index contributed by atoms with van der Waals surface area (Å²) in [4.78, 5) is 13.4. The number of aliphatic hydroxyl groups excluding tert-OH is 1. The molecule has 5 nitrogen and oxygen atoms in total. The van der Waals surface area contributed by atoms with Crippen molar-refractivity contribution in [2.24, 2.45) is 0 Å². The molecule has 0 fully saturated rings. The Bertz CT molecular complexity index is 323. The van der Waals surface area contributed by atoms with Crippen molar-refractivity contribution in [2.45, 2.75) is 19.6 Å². The molecular formula is C9H16N2O3S. The van der Waals surface area contributed by atoms with Gasteiger partial charge in [-0.05, 0) is 6.92 Å². The normalized spacial score (nSPS) is 12.9. The fourth-order valence-corrected chi connectivity index (χ4v) is 1.67. The van der Waals surface area contributed by atoms with Crippen LogP contribution in [0.5, 0.6) is 0 Å². The Kier molecular flexibility index (Phi) is 5.56. The molecule has 1 rings (SSSR count). The van der Waals surface area contributed by atoms with Crippen molar-refractivity contribution in [1.82, 2.24) is 10.3 Å². The van der Waals surface area contributed by atoms with Crippen molar-refractivity contribution < 1.29 is 9.84 Å². The molecule has 3 N–H and O–H groups in total. The lowest BCUT2D eigenvalue weighted by Gasteiger charge is -2.10. The molecule has 15 heavy (non-hydrogen) atoms. The third-order valence-electron chi connectivity index (χ3n) is 1.78. The van der Waals surface area contributed by atoms with E-state index in [4.69, 9.17) is 4.74 Å². The highest BCUT2D eigenvalue weighted by atomic mass is 32.1. The maximum absolute atomic E-state index is 10.8. The Morgan fingerprint density at radius 1 is 1.73 bits per heavy atom. The van der Waals surface area contributed by atoms with Gasteiger partial charge in [-0.25, -0.2) is 0 Å². The van der Waals surface area contributed by atoms with E-state index in [0.717, 1.165) is 17.0 Å². The summed E-state index contributed by atoms with van der Waals surface area (Å²) < 4.78 is 5.06. The molecule has 1 unspecified atom stereocenters. The van der Waals surface area contributed by atoms with Crippen LogP contribution in [0, 0.1) is 0 Å².